The molecule has 0 saturated heterocycles. The predicted octanol–water partition coefficient (Wildman–Crippen LogP) is 6.27. The second-order valence-electron chi connectivity index (χ2n) is 7.25. The molecule has 0 spiro atoms. The van der Waals surface area contributed by atoms with Crippen molar-refractivity contribution in [1.82, 2.24) is 5.32 Å². The maximum atomic E-state index is 10.8. The Balaban J connectivity index is 2.24. The molecule has 0 aliphatic heterocycles. The van der Waals surface area contributed by atoms with Crippen molar-refractivity contribution in [2.24, 2.45) is 0 Å². The van der Waals surface area contributed by atoms with Crippen LogP contribution in [0.25, 0.3) is 0 Å². The molecule has 0 saturated carbocycles. The molecule has 2 nitrogen and oxygen atoms in total. The number of nitrogens with one attached hydrogen (secondary N) is 1. The Morgan fingerprint density at radius 3 is 1.88 bits per heavy atom. The zero-order valence-corrected chi connectivity index (χ0v) is 16.3. The Hall–Kier alpha value is -1.80. The van der Waals surface area contributed by atoms with Gasteiger partial charge >= 0.3 is 0 Å². The van der Waals surface area contributed by atoms with Gasteiger partial charge in [-0.2, -0.15) is 0 Å². The maximum Gasteiger partial charge on any atom is 0.122 e. The van der Waals surface area contributed by atoms with Gasteiger partial charge in [0, 0.05) is 12.6 Å². The maximum absolute atomic E-state index is 10.8. The molecule has 3 atom stereocenters. The van der Waals surface area contributed by atoms with E-state index in [-0.39, 0.29) is 0 Å². The van der Waals surface area contributed by atoms with Crippen molar-refractivity contribution in [2.45, 2.75) is 71.9 Å². The van der Waals surface area contributed by atoms with Crippen LogP contribution in [0.1, 0.15) is 87.6 Å². The summed E-state index contributed by atoms with van der Waals surface area (Å²) in [4.78, 5) is 0. The highest BCUT2D eigenvalue weighted by molar-refractivity contribution is 5.47. The summed E-state index contributed by atoms with van der Waals surface area (Å²) < 4.78 is 0. The average molecular weight is 340 g/mol. The topological polar surface area (TPSA) is 32.3 Å². The molecular weight excluding hydrogens is 306 g/mol. The smallest absolute Gasteiger partial charge is 0.122 e. The molecule has 0 aliphatic carbocycles. The summed E-state index contributed by atoms with van der Waals surface area (Å²) in [7, 11) is 0. The molecular formula is C23H33NO. The molecule has 0 amide bonds. The first kappa shape index (κ1) is 19.5. The zero-order valence-electron chi connectivity index (χ0n) is 16.3. The van der Waals surface area contributed by atoms with Gasteiger partial charge in [-0.15, -0.1) is 0 Å². The lowest BCUT2D eigenvalue weighted by atomic mass is 9.88. The molecule has 136 valence electrons. The van der Waals surface area contributed by atoms with Gasteiger partial charge < -0.3 is 10.4 Å². The van der Waals surface area contributed by atoms with Crippen molar-refractivity contribution in [3.63, 3.8) is 0 Å². The molecule has 0 aromatic heterocycles. The quantitative estimate of drug-likeness (QED) is 0.594. The summed E-state index contributed by atoms with van der Waals surface area (Å²) >= 11 is 0. The highest BCUT2D eigenvalue weighted by Gasteiger charge is 2.18. The molecule has 2 aromatic carbocycles. The van der Waals surface area contributed by atoms with Crippen LogP contribution in [0.5, 0.6) is 5.75 Å². The lowest BCUT2D eigenvalue weighted by molar-refractivity contribution is 0.448. The third-order valence-electron chi connectivity index (χ3n) is 5.43. The van der Waals surface area contributed by atoms with Crippen LogP contribution in [0.3, 0.4) is 0 Å². The second kappa shape index (κ2) is 9.05. The molecule has 0 heterocycles. The van der Waals surface area contributed by atoms with E-state index < -0.39 is 0 Å². The van der Waals surface area contributed by atoms with Crippen LogP contribution >= 0.6 is 0 Å². The largest absolute Gasteiger partial charge is 0.507 e. The molecule has 2 rings (SSSR count). The minimum Gasteiger partial charge on any atom is -0.507 e. The van der Waals surface area contributed by atoms with E-state index in [1.165, 1.54) is 11.1 Å². The van der Waals surface area contributed by atoms with E-state index >= 15 is 0 Å². The summed E-state index contributed by atoms with van der Waals surface area (Å²) in [6.45, 7) is 11.7. The Morgan fingerprint density at radius 1 is 0.880 bits per heavy atom. The molecule has 0 bridgehead atoms. The van der Waals surface area contributed by atoms with Crippen LogP contribution in [-0.2, 0) is 6.54 Å². The van der Waals surface area contributed by atoms with Crippen LogP contribution < -0.4 is 5.32 Å². The van der Waals surface area contributed by atoms with Crippen molar-refractivity contribution in [2.75, 3.05) is 0 Å². The van der Waals surface area contributed by atoms with Crippen LogP contribution in [0, 0.1) is 0 Å². The van der Waals surface area contributed by atoms with Crippen molar-refractivity contribution in [3.8, 4) is 5.75 Å². The van der Waals surface area contributed by atoms with Gasteiger partial charge in [-0.1, -0.05) is 70.2 Å². The second-order valence-corrected chi connectivity index (χ2v) is 7.25. The molecule has 0 fully saturated rings. The minimum absolute atomic E-state index is 0.300. The molecule has 25 heavy (non-hydrogen) atoms. The highest BCUT2D eigenvalue weighted by atomic mass is 16.3. The van der Waals surface area contributed by atoms with Gasteiger partial charge in [0.2, 0.25) is 0 Å². The number of benzene rings is 2. The van der Waals surface area contributed by atoms with Gasteiger partial charge in [-0.05, 0) is 53.9 Å². The first-order valence-corrected chi connectivity index (χ1v) is 9.61. The van der Waals surface area contributed by atoms with Gasteiger partial charge in [0.05, 0.1) is 0 Å². The minimum atomic E-state index is 0.300. The van der Waals surface area contributed by atoms with Crippen molar-refractivity contribution < 1.29 is 5.11 Å². The first-order valence-electron chi connectivity index (χ1n) is 9.61. The summed E-state index contributed by atoms with van der Waals surface area (Å²) in [6, 6.07) is 15.2. The number of phenolic OH excluding ortho intramolecular Hbond substituents is 1. The number of rotatable bonds is 8. The number of aromatic hydroxyl groups is 1. The summed E-state index contributed by atoms with van der Waals surface area (Å²) in [5.41, 5.74) is 4.73. The van der Waals surface area contributed by atoms with Crippen molar-refractivity contribution in [1.29, 1.82) is 0 Å². The van der Waals surface area contributed by atoms with Gasteiger partial charge in [0.25, 0.3) is 0 Å². The van der Waals surface area contributed by atoms with Gasteiger partial charge in [-0.3, -0.25) is 0 Å². The Labute approximate surface area is 153 Å². The molecule has 2 aromatic rings. The standard InChI is InChI=1S/C23H33NO/c1-6-16(3)21-13-19(14-22(23(21)25)17(4)7-2)15-24-18(5)20-11-9-8-10-12-20/h8-14,16-18,24-25H,6-7,15H2,1-5H3. The fourth-order valence-corrected chi connectivity index (χ4v) is 3.17. The molecule has 3 unspecified atom stereocenters. The summed E-state index contributed by atoms with van der Waals surface area (Å²) in [5, 5.41) is 14.4. The number of hydrogen-bond donors (Lipinski definition) is 2. The molecule has 0 aliphatic rings. The highest BCUT2D eigenvalue weighted by Crippen LogP contribution is 2.37. The monoisotopic (exact) mass is 339 g/mol. The lowest BCUT2D eigenvalue weighted by Gasteiger charge is -2.21. The fraction of sp³-hybridized carbons (Fsp3) is 0.478. The van der Waals surface area contributed by atoms with Crippen molar-refractivity contribution in [3.05, 3.63) is 64.7 Å². The van der Waals surface area contributed by atoms with E-state index in [0.717, 1.165) is 30.5 Å². The molecule has 2 N–H and O–H groups in total. The Morgan fingerprint density at radius 2 is 1.40 bits per heavy atom. The molecule has 2 heteroatoms. The van der Waals surface area contributed by atoms with E-state index in [1.807, 2.05) is 6.07 Å². The fourth-order valence-electron chi connectivity index (χ4n) is 3.17. The van der Waals surface area contributed by atoms with Crippen LogP contribution in [0.2, 0.25) is 0 Å². The lowest BCUT2D eigenvalue weighted by Crippen LogP contribution is -2.18. The SMILES string of the molecule is CCC(C)c1cc(CNC(C)c2ccccc2)cc(C(C)CC)c1O. The summed E-state index contributed by atoms with van der Waals surface area (Å²) in [5.74, 6) is 1.24. The van der Waals surface area contributed by atoms with E-state index in [4.69, 9.17) is 0 Å². The van der Waals surface area contributed by atoms with E-state index in [2.05, 4.69) is 76.3 Å². The van der Waals surface area contributed by atoms with Gasteiger partial charge in [0.15, 0.2) is 0 Å². The van der Waals surface area contributed by atoms with Gasteiger partial charge in [-0.25, -0.2) is 0 Å². The van der Waals surface area contributed by atoms with Crippen LogP contribution in [-0.4, -0.2) is 5.11 Å². The normalized spacial score (nSPS) is 14.9. The number of phenols is 1. The zero-order chi connectivity index (χ0) is 18.4. The van der Waals surface area contributed by atoms with Crippen LogP contribution in [0.4, 0.5) is 0 Å². The van der Waals surface area contributed by atoms with E-state index in [1.54, 1.807) is 0 Å². The first-order chi connectivity index (χ1) is 12.0. The Bertz CT molecular complexity index is 634. The van der Waals surface area contributed by atoms with Gasteiger partial charge in [0.1, 0.15) is 5.75 Å². The predicted molar refractivity (Wildman–Crippen MR) is 107 cm³/mol. The van der Waals surface area contributed by atoms with Crippen LogP contribution in [0.15, 0.2) is 42.5 Å². The third-order valence-corrected chi connectivity index (χ3v) is 5.43. The average Bonchev–Trinajstić information content (AvgIpc) is 2.66. The summed E-state index contributed by atoms with van der Waals surface area (Å²) in [6.07, 6.45) is 2.07. The number of hydrogen-bond acceptors (Lipinski definition) is 2. The van der Waals surface area contributed by atoms with E-state index in [9.17, 15) is 5.11 Å². The van der Waals surface area contributed by atoms with E-state index in [0.29, 0.717) is 23.6 Å². The van der Waals surface area contributed by atoms with Crippen molar-refractivity contribution >= 4 is 0 Å². The Kier molecular flexibility index (Phi) is 7.07. The molecule has 0 radical (unpaired) electrons. The third kappa shape index (κ3) is 4.85.